The van der Waals surface area contributed by atoms with Gasteiger partial charge in [0.05, 0.1) is 9.26 Å². The number of hydrogen-bond acceptors (Lipinski definition) is 4. The topological polar surface area (TPSA) is 52.2 Å². The van der Waals surface area contributed by atoms with Crippen LogP contribution in [-0.4, -0.2) is 59.5 Å². The third-order valence-corrected chi connectivity index (χ3v) is 5.35. The fraction of sp³-hybridized carbons (Fsp3) is 0.714. The molecule has 20 heavy (non-hydrogen) atoms. The van der Waals surface area contributed by atoms with E-state index in [0.717, 1.165) is 41.1 Å². The summed E-state index contributed by atoms with van der Waals surface area (Å²) < 4.78 is 0.781. The zero-order valence-corrected chi connectivity index (χ0v) is 14.2. The maximum atomic E-state index is 12.1. The molecule has 6 heteroatoms. The number of H-pyrrole nitrogens is 1. The van der Waals surface area contributed by atoms with Gasteiger partial charge in [-0.05, 0) is 49.5 Å². The molecular formula is C14H21IN4O. The highest BCUT2D eigenvalue weighted by Gasteiger charge is 2.30. The Hall–Kier alpha value is -0.470. The molecule has 1 aromatic heterocycles. The molecule has 2 heterocycles. The van der Waals surface area contributed by atoms with Crippen LogP contribution < -0.4 is 5.56 Å². The Bertz CT molecular complexity index is 555. The van der Waals surface area contributed by atoms with Gasteiger partial charge in [-0.25, -0.2) is 4.98 Å². The van der Waals surface area contributed by atoms with E-state index < -0.39 is 0 Å². The Kier molecular flexibility index (Phi) is 4.14. The largest absolute Gasteiger partial charge is 0.310 e. The first-order chi connectivity index (χ1) is 9.54. The quantitative estimate of drug-likeness (QED) is 0.787. The van der Waals surface area contributed by atoms with Crippen LogP contribution in [0, 0.1) is 3.57 Å². The Morgan fingerprint density at radius 2 is 2.10 bits per heavy atom. The van der Waals surface area contributed by atoms with Crippen LogP contribution in [0.3, 0.4) is 0 Å². The van der Waals surface area contributed by atoms with Gasteiger partial charge in [0.2, 0.25) is 0 Å². The maximum Gasteiger partial charge on any atom is 0.264 e. The number of nitrogens with zero attached hydrogens (tertiary/aromatic N) is 3. The van der Waals surface area contributed by atoms with Crippen molar-refractivity contribution in [1.82, 2.24) is 19.8 Å². The zero-order chi connectivity index (χ0) is 14.3. The number of rotatable bonds is 3. The summed E-state index contributed by atoms with van der Waals surface area (Å²) in [6, 6.07) is 0.434. The second-order valence-corrected chi connectivity index (χ2v) is 7.17. The van der Waals surface area contributed by atoms with Gasteiger partial charge in [0, 0.05) is 38.0 Å². The second kappa shape index (κ2) is 5.73. The molecule has 0 aromatic carbocycles. The van der Waals surface area contributed by atoms with Crippen molar-refractivity contribution in [2.24, 2.45) is 0 Å². The lowest BCUT2D eigenvalue weighted by Gasteiger charge is -2.37. The van der Waals surface area contributed by atoms with Crippen molar-refractivity contribution >= 4 is 22.6 Å². The smallest absolute Gasteiger partial charge is 0.264 e. The minimum atomic E-state index is 0.0318. The van der Waals surface area contributed by atoms with Gasteiger partial charge >= 0.3 is 0 Å². The fourth-order valence-electron chi connectivity index (χ4n) is 2.79. The molecule has 1 saturated carbocycles. The lowest BCUT2D eigenvalue weighted by Crippen LogP contribution is -2.51. The summed E-state index contributed by atoms with van der Waals surface area (Å²) >= 11 is 2.13. The van der Waals surface area contributed by atoms with Crippen LogP contribution in [0.2, 0.25) is 0 Å². The van der Waals surface area contributed by atoms with Crippen LogP contribution in [0.5, 0.6) is 0 Å². The Morgan fingerprint density at radius 3 is 2.80 bits per heavy atom. The minimum Gasteiger partial charge on any atom is -0.310 e. The Labute approximate surface area is 132 Å². The molecule has 0 radical (unpaired) electrons. The highest BCUT2D eigenvalue weighted by Crippen LogP contribution is 2.40. The number of halogens is 1. The monoisotopic (exact) mass is 388 g/mol. The molecule has 0 amide bonds. The van der Waals surface area contributed by atoms with Crippen molar-refractivity contribution in [3.63, 3.8) is 0 Å². The number of piperazine rings is 1. The van der Waals surface area contributed by atoms with Gasteiger partial charge in [-0.3, -0.25) is 4.79 Å². The number of aromatic nitrogens is 2. The number of likely N-dealkylation sites (N-methyl/N-ethyl adjacent to an activating group) is 2. The normalized spacial score (nSPS) is 25.1. The molecule has 110 valence electrons. The molecule has 0 spiro atoms. The highest BCUT2D eigenvalue weighted by molar-refractivity contribution is 14.1. The predicted octanol–water partition coefficient (Wildman–Crippen LogP) is 1.04. The van der Waals surface area contributed by atoms with E-state index in [1.54, 1.807) is 0 Å². The van der Waals surface area contributed by atoms with Gasteiger partial charge in [-0.2, -0.15) is 0 Å². The fourth-order valence-corrected chi connectivity index (χ4v) is 3.49. The summed E-state index contributed by atoms with van der Waals surface area (Å²) in [5.74, 6) is 1.37. The number of nitrogens with one attached hydrogen (secondary N) is 1. The third kappa shape index (κ3) is 3.07. The van der Waals surface area contributed by atoms with Crippen molar-refractivity contribution in [1.29, 1.82) is 0 Å². The van der Waals surface area contributed by atoms with E-state index in [9.17, 15) is 4.79 Å². The summed E-state index contributed by atoms with van der Waals surface area (Å²) in [6.07, 6.45) is 3.18. The lowest BCUT2D eigenvalue weighted by molar-refractivity contribution is 0.113. The van der Waals surface area contributed by atoms with Gasteiger partial charge in [-0.15, -0.1) is 0 Å². The summed E-state index contributed by atoms with van der Waals surface area (Å²) in [5.41, 5.74) is 1.06. The molecule has 0 bridgehead atoms. The zero-order valence-electron chi connectivity index (χ0n) is 12.0. The summed E-state index contributed by atoms with van der Waals surface area (Å²) in [6.45, 7) is 3.22. The molecule has 2 fully saturated rings. The molecule has 1 aliphatic carbocycles. The predicted molar refractivity (Wildman–Crippen MR) is 87.2 cm³/mol. The molecule has 1 N–H and O–H groups in total. The molecule has 2 aliphatic rings. The van der Waals surface area contributed by atoms with Gasteiger partial charge in [0.1, 0.15) is 5.82 Å². The first kappa shape index (κ1) is 14.5. The van der Waals surface area contributed by atoms with Gasteiger partial charge < -0.3 is 14.8 Å². The standard InChI is InChI=1S/C14H21IN4O/c1-18-5-6-19(2)10(8-18)7-11-16-13(9-3-4-9)12(15)14(20)17-11/h9-10H,3-8H2,1-2H3,(H,16,17,20). The Morgan fingerprint density at radius 1 is 1.35 bits per heavy atom. The Balaban J connectivity index is 1.81. The summed E-state index contributed by atoms with van der Waals surface area (Å²) in [5, 5.41) is 0. The van der Waals surface area contributed by atoms with E-state index in [1.165, 1.54) is 12.8 Å². The van der Waals surface area contributed by atoms with E-state index in [-0.39, 0.29) is 5.56 Å². The van der Waals surface area contributed by atoms with E-state index in [4.69, 9.17) is 4.98 Å². The first-order valence-electron chi connectivity index (χ1n) is 7.22. The summed E-state index contributed by atoms with van der Waals surface area (Å²) in [4.78, 5) is 24.5. The van der Waals surface area contributed by atoms with Gasteiger partial charge in [-0.1, -0.05) is 0 Å². The summed E-state index contributed by atoms with van der Waals surface area (Å²) in [7, 11) is 4.31. The molecule has 3 rings (SSSR count). The van der Waals surface area contributed by atoms with Crippen molar-refractivity contribution in [3.8, 4) is 0 Å². The SMILES string of the molecule is CN1CCN(C)C(Cc2nc(C3CC3)c(I)c(=O)[nH]2)C1. The highest BCUT2D eigenvalue weighted by atomic mass is 127. The van der Waals surface area contributed by atoms with Crippen molar-refractivity contribution < 1.29 is 0 Å². The minimum absolute atomic E-state index is 0.0318. The van der Waals surface area contributed by atoms with E-state index in [1.807, 2.05) is 0 Å². The van der Waals surface area contributed by atoms with Gasteiger partial charge in [0.25, 0.3) is 5.56 Å². The van der Waals surface area contributed by atoms with Crippen molar-refractivity contribution in [3.05, 3.63) is 25.4 Å². The molecule has 1 aliphatic heterocycles. The van der Waals surface area contributed by atoms with Crippen LogP contribution >= 0.6 is 22.6 Å². The molecule has 1 atom stereocenters. The van der Waals surface area contributed by atoms with Crippen molar-refractivity contribution in [2.75, 3.05) is 33.7 Å². The van der Waals surface area contributed by atoms with E-state index in [2.05, 4.69) is 51.5 Å². The van der Waals surface area contributed by atoms with E-state index in [0.29, 0.717) is 12.0 Å². The molecule has 1 unspecified atom stereocenters. The van der Waals surface area contributed by atoms with Crippen LogP contribution in [-0.2, 0) is 6.42 Å². The molecule has 1 saturated heterocycles. The van der Waals surface area contributed by atoms with Crippen LogP contribution in [0.4, 0.5) is 0 Å². The van der Waals surface area contributed by atoms with Crippen LogP contribution in [0.25, 0.3) is 0 Å². The van der Waals surface area contributed by atoms with Crippen LogP contribution in [0.1, 0.15) is 30.3 Å². The lowest BCUT2D eigenvalue weighted by atomic mass is 10.1. The third-order valence-electron chi connectivity index (χ3n) is 4.31. The number of aromatic amines is 1. The van der Waals surface area contributed by atoms with Gasteiger partial charge in [0.15, 0.2) is 0 Å². The maximum absolute atomic E-state index is 12.1. The molecule has 1 aromatic rings. The first-order valence-corrected chi connectivity index (χ1v) is 8.30. The van der Waals surface area contributed by atoms with Crippen LogP contribution in [0.15, 0.2) is 4.79 Å². The number of hydrogen-bond donors (Lipinski definition) is 1. The average molecular weight is 388 g/mol. The van der Waals surface area contributed by atoms with E-state index >= 15 is 0 Å². The second-order valence-electron chi connectivity index (χ2n) is 6.09. The molecular weight excluding hydrogens is 367 g/mol. The average Bonchev–Trinajstić information content (AvgIpc) is 3.22. The molecule has 5 nitrogen and oxygen atoms in total. The van der Waals surface area contributed by atoms with Crippen molar-refractivity contribution in [2.45, 2.75) is 31.2 Å².